The zero-order chi connectivity index (χ0) is 22.5. The van der Waals surface area contributed by atoms with Crippen molar-refractivity contribution in [2.75, 3.05) is 11.9 Å². The largest absolute Gasteiger partial charge is 0.480 e. The molecule has 166 valence electrons. The van der Waals surface area contributed by atoms with Gasteiger partial charge in [0.1, 0.15) is 12.4 Å². The maximum Gasteiger partial charge on any atom is 0.262 e. The fourth-order valence-corrected chi connectivity index (χ4v) is 5.97. The Labute approximate surface area is 202 Å². The van der Waals surface area contributed by atoms with Gasteiger partial charge in [-0.1, -0.05) is 71.6 Å². The van der Waals surface area contributed by atoms with Gasteiger partial charge in [-0.05, 0) is 55.2 Å². The van der Waals surface area contributed by atoms with Crippen molar-refractivity contribution < 1.29 is 9.53 Å². The second kappa shape index (κ2) is 10.5. The zero-order valence-corrected chi connectivity index (χ0v) is 20.5. The molecule has 6 heteroatoms. The molecule has 4 nitrogen and oxygen atoms in total. The predicted molar refractivity (Wildman–Crippen MR) is 136 cm³/mol. The van der Waals surface area contributed by atoms with Crippen LogP contribution < -0.4 is 10.1 Å². The number of halogens is 1. The minimum Gasteiger partial charge on any atom is -0.480 e. The van der Waals surface area contributed by atoms with Crippen LogP contribution in [0, 0.1) is 18.3 Å². The van der Waals surface area contributed by atoms with Gasteiger partial charge in [-0.3, -0.25) is 4.79 Å². The predicted octanol–water partition coefficient (Wildman–Crippen LogP) is 6.35. The Balaban J connectivity index is 1.67. The number of hydrogen-bond acceptors (Lipinski definition) is 4. The minimum atomic E-state index is -0.149. The molecule has 1 unspecified atom stereocenters. The van der Waals surface area contributed by atoms with Gasteiger partial charge in [0.25, 0.3) is 5.91 Å². The highest BCUT2D eigenvalue weighted by molar-refractivity contribution is 9.10. The molecule has 1 amide bonds. The van der Waals surface area contributed by atoms with Crippen LogP contribution in [0.3, 0.4) is 0 Å². The van der Waals surface area contributed by atoms with Gasteiger partial charge in [0.15, 0.2) is 5.50 Å². The normalized spacial score (nSPS) is 24.4. The summed E-state index contributed by atoms with van der Waals surface area (Å²) in [6, 6.07) is 16.1. The lowest BCUT2D eigenvalue weighted by Gasteiger charge is -2.39. The van der Waals surface area contributed by atoms with E-state index < -0.39 is 0 Å². The van der Waals surface area contributed by atoms with Gasteiger partial charge in [-0.15, -0.1) is 6.42 Å². The number of para-hydroxylation sites is 1. The average molecular weight is 511 g/mol. The van der Waals surface area contributed by atoms with Crippen LogP contribution in [0.5, 0.6) is 5.75 Å². The topological polar surface area (TPSA) is 41.6 Å². The van der Waals surface area contributed by atoms with Crippen LogP contribution in [0.2, 0.25) is 0 Å². The number of carbonyl (C=O) groups is 1. The molecule has 1 N–H and O–H groups in total. The third-order valence-corrected chi connectivity index (χ3v) is 7.60. The van der Waals surface area contributed by atoms with Crippen molar-refractivity contribution >= 4 is 45.4 Å². The van der Waals surface area contributed by atoms with Crippen molar-refractivity contribution in [3.05, 3.63) is 63.5 Å². The Hall–Kier alpha value is -2.36. The van der Waals surface area contributed by atoms with Crippen molar-refractivity contribution in [2.24, 2.45) is 5.92 Å². The number of rotatable bonds is 6. The van der Waals surface area contributed by atoms with Gasteiger partial charge < -0.3 is 15.0 Å². The Kier molecular flexibility index (Phi) is 7.49. The highest BCUT2D eigenvalue weighted by Gasteiger charge is 2.43. The molecule has 1 saturated heterocycles. The third kappa shape index (κ3) is 5.16. The van der Waals surface area contributed by atoms with E-state index in [-0.39, 0.29) is 24.1 Å². The van der Waals surface area contributed by atoms with Crippen molar-refractivity contribution in [2.45, 2.75) is 44.1 Å². The molecule has 1 heterocycles. The number of thioether (sulfide) groups is 1. The fourth-order valence-electron chi connectivity index (χ4n) is 4.39. The van der Waals surface area contributed by atoms with E-state index in [2.05, 4.69) is 39.0 Å². The summed E-state index contributed by atoms with van der Waals surface area (Å²) in [6.07, 6.45) is 11.9. The van der Waals surface area contributed by atoms with Gasteiger partial charge in [0.2, 0.25) is 0 Å². The van der Waals surface area contributed by atoms with Crippen molar-refractivity contribution in [3.63, 3.8) is 0 Å². The van der Waals surface area contributed by atoms with E-state index in [1.165, 1.54) is 6.42 Å². The standard InChI is InChI=1S/C26H27BrN2O2S/c1-3-15-31-23-14-13-20(27)16-19(23)17-24-25(30)29(22-12-8-7-9-18(22)2)26(32-24)28-21-10-5-4-6-11-21/h1,4-6,10-11,13-14,16-18,22,26,28H,7-9,12,15H2,2H3/b24-17-/t18-,22-,26?/m0/s1. The molecule has 0 aromatic heterocycles. The molecule has 0 spiro atoms. The second-order valence-electron chi connectivity index (χ2n) is 8.21. The van der Waals surface area contributed by atoms with Crippen LogP contribution in [0.25, 0.3) is 6.08 Å². The molecule has 0 bridgehead atoms. The molecule has 1 aliphatic heterocycles. The molecular formula is C26H27BrN2O2S. The van der Waals surface area contributed by atoms with Crippen LogP contribution in [-0.2, 0) is 4.79 Å². The number of benzene rings is 2. The number of terminal acetylenes is 1. The summed E-state index contributed by atoms with van der Waals surface area (Å²) in [6.45, 7) is 2.45. The monoisotopic (exact) mass is 510 g/mol. The van der Waals surface area contributed by atoms with Gasteiger partial charge in [-0.25, -0.2) is 0 Å². The Morgan fingerprint density at radius 2 is 2.03 bits per heavy atom. The fraction of sp³-hybridized carbons (Fsp3) is 0.346. The lowest BCUT2D eigenvalue weighted by atomic mass is 9.85. The summed E-state index contributed by atoms with van der Waals surface area (Å²) < 4.78 is 6.64. The molecule has 1 saturated carbocycles. The highest BCUT2D eigenvalue weighted by atomic mass is 79.9. The van der Waals surface area contributed by atoms with Crippen LogP contribution in [0.15, 0.2) is 57.9 Å². The number of carbonyl (C=O) groups excluding carboxylic acids is 1. The van der Waals surface area contributed by atoms with Crippen molar-refractivity contribution in [1.29, 1.82) is 0 Å². The first-order valence-corrected chi connectivity index (χ1v) is 12.6. The first-order valence-electron chi connectivity index (χ1n) is 10.9. The number of nitrogens with one attached hydrogen (secondary N) is 1. The van der Waals surface area contributed by atoms with Crippen LogP contribution >= 0.6 is 27.7 Å². The van der Waals surface area contributed by atoms with E-state index in [4.69, 9.17) is 11.2 Å². The Morgan fingerprint density at radius 1 is 1.25 bits per heavy atom. The maximum absolute atomic E-state index is 13.7. The van der Waals surface area contributed by atoms with E-state index >= 15 is 0 Å². The van der Waals surface area contributed by atoms with Crippen LogP contribution in [0.1, 0.15) is 38.2 Å². The second-order valence-corrected chi connectivity index (χ2v) is 10.2. The summed E-state index contributed by atoms with van der Waals surface area (Å²) in [5, 5.41) is 3.58. The summed E-state index contributed by atoms with van der Waals surface area (Å²) in [5.74, 6) is 3.73. The summed E-state index contributed by atoms with van der Waals surface area (Å²) in [7, 11) is 0. The van der Waals surface area contributed by atoms with E-state index in [0.29, 0.717) is 16.6 Å². The molecular weight excluding hydrogens is 484 g/mol. The quantitative estimate of drug-likeness (QED) is 0.363. The zero-order valence-electron chi connectivity index (χ0n) is 18.1. The number of hydrogen-bond donors (Lipinski definition) is 1. The molecule has 1 aliphatic carbocycles. The van der Waals surface area contributed by atoms with Crippen molar-refractivity contribution in [3.8, 4) is 18.1 Å². The summed E-state index contributed by atoms with van der Waals surface area (Å²) >= 11 is 5.09. The van der Waals surface area contributed by atoms with E-state index in [0.717, 1.165) is 35.0 Å². The van der Waals surface area contributed by atoms with Crippen molar-refractivity contribution in [1.82, 2.24) is 4.90 Å². The first kappa shape index (κ1) is 22.8. The first-order chi connectivity index (χ1) is 15.6. The molecule has 32 heavy (non-hydrogen) atoms. The minimum absolute atomic E-state index is 0.0741. The number of anilines is 1. The molecule has 4 rings (SSSR count). The summed E-state index contributed by atoms with van der Waals surface area (Å²) in [5.41, 5.74) is 1.69. The number of nitrogens with zero attached hydrogens (tertiary/aromatic N) is 1. The van der Waals surface area contributed by atoms with Gasteiger partial charge in [-0.2, -0.15) is 0 Å². The van der Waals surface area contributed by atoms with Gasteiger partial charge in [0.05, 0.1) is 4.91 Å². The average Bonchev–Trinajstić information content (AvgIpc) is 3.09. The summed E-state index contributed by atoms with van der Waals surface area (Å²) in [4.78, 5) is 16.4. The lowest BCUT2D eigenvalue weighted by molar-refractivity contribution is -0.129. The molecule has 0 radical (unpaired) electrons. The van der Waals surface area contributed by atoms with E-state index in [1.807, 2.05) is 54.6 Å². The number of amides is 1. The molecule has 3 atom stereocenters. The Bertz CT molecular complexity index is 1030. The van der Waals surface area contributed by atoms with Crippen LogP contribution in [0.4, 0.5) is 5.69 Å². The highest BCUT2D eigenvalue weighted by Crippen LogP contribution is 2.43. The van der Waals surface area contributed by atoms with Gasteiger partial charge >= 0.3 is 0 Å². The lowest BCUT2D eigenvalue weighted by Crippen LogP contribution is -2.48. The van der Waals surface area contributed by atoms with Gasteiger partial charge in [0, 0.05) is 21.8 Å². The maximum atomic E-state index is 13.7. The molecule has 2 aliphatic rings. The number of ether oxygens (including phenoxy) is 1. The van der Waals surface area contributed by atoms with E-state index in [1.54, 1.807) is 11.8 Å². The molecule has 2 aromatic rings. The SMILES string of the molecule is C#CCOc1ccc(Br)cc1/C=C1\SC(Nc2ccccc2)N([C@H]2CCCC[C@@H]2C)C1=O. The third-order valence-electron chi connectivity index (χ3n) is 5.99. The van der Waals surface area contributed by atoms with Crippen LogP contribution in [-0.4, -0.2) is 29.0 Å². The Morgan fingerprint density at radius 3 is 2.78 bits per heavy atom. The molecule has 2 aromatic carbocycles. The van der Waals surface area contributed by atoms with E-state index in [9.17, 15) is 4.79 Å². The smallest absolute Gasteiger partial charge is 0.262 e. The molecule has 2 fully saturated rings.